The van der Waals surface area contributed by atoms with E-state index in [0.29, 0.717) is 0 Å². The quantitative estimate of drug-likeness (QED) is 0.403. The molecule has 218 valence electrons. The lowest BCUT2D eigenvalue weighted by Crippen LogP contribution is -2.59. The molecular formula is C32H45N3O5. The topological polar surface area (TPSA) is 108 Å². The number of aryl methyl sites for hydroxylation is 2. The van der Waals surface area contributed by atoms with Gasteiger partial charge in [0.1, 0.15) is 23.4 Å². The number of rotatable bonds is 8. The summed E-state index contributed by atoms with van der Waals surface area (Å²) >= 11 is 0. The van der Waals surface area contributed by atoms with Crippen molar-refractivity contribution in [1.82, 2.24) is 15.5 Å². The number of carbonyl (C=O) groups excluding carboxylic acids is 3. The summed E-state index contributed by atoms with van der Waals surface area (Å²) in [7, 11) is 0. The Morgan fingerprint density at radius 1 is 0.975 bits per heavy atom. The summed E-state index contributed by atoms with van der Waals surface area (Å²) in [5.41, 5.74) is 2.34. The highest BCUT2D eigenvalue weighted by atomic mass is 16.6. The molecule has 2 atom stereocenters. The van der Waals surface area contributed by atoms with Crippen molar-refractivity contribution in [2.75, 3.05) is 0 Å². The number of benzene rings is 2. The van der Waals surface area contributed by atoms with Crippen molar-refractivity contribution in [2.24, 2.45) is 0 Å². The van der Waals surface area contributed by atoms with Gasteiger partial charge in [0.2, 0.25) is 11.8 Å². The van der Waals surface area contributed by atoms with Crippen LogP contribution in [0.15, 0.2) is 42.5 Å². The summed E-state index contributed by atoms with van der Waals surface area (Å²) in [6.07, 6.45) is 1.96. The number of phenolic OH excluding ortho intramolecular Hbond substituents is 1. The van der Waals surface area contributed by atoms with Crippen LogP contribution in [0.3, 0.4) is 0 Å². The number of alkyl carbamates (subject to hydrolysis) is 1. The summed E-state index contributed by atoms with van der Waals surface area (Å²) in [5, 5.41) is 15.6. The van der Waals surface area contributed by atoms with Crippen LogP contribution in [-0.2, 0) is 20.7 Å². The number of phenols is 1. The van der Waals surface area contributed by atoms with E-state index in [1.54, 1.807) is 49.9 Å². The first-order chi connectivity index (χ1) is 18.5. The molecule has 1 aliphatic carbocycles. The molecule has 0 aliphatic heterocycles. The van der Waals surface area contributed by atoms with E-state index in [0.717, 1.165) is 41.5 Å². The molecule has 0 bridgehead atoms. The molecule has 3 rings (SSSR count). The fourth-order valence-corrected chi connectivity index (χ4v) is 4.69. The number of aromatic hydroxyl groups is 1. The van der Waals surface area contributed by atoms with Crippen LogP contribution in [-0.4, -0.2) is 51.1 Å². The van der Waals surface area contributed by atoms with Gasteiger partial charge in [-0.2, -0.15) is 0 Å². The predicted octanol–water partition coefficient (Wildman–Crippen LogP) is 5.48. The molecule has 0 aromatic heterocycles. The molecule has 0 spiro atoms. The fourth-order valence-electron chi connectivity index (χ4n) is 4.69. The minimum atomic E-state index is -0.989. The first-order valence-corrected chi connectivity index (χ1v) is 14.0. The predicted molar refractivity (Wildman–Crippen MR) is 156 cm³/mol. The zero-order valence-corrected chi connectivity index (χ0v) is 25.1. The Labute approximate surface area is 238 Å². The number of nitrogens with one attached hydrogen (secondary N) is 2. The highest BCUT2D eigenvalue weighted by molar-refractivity contribution is 5.93. The molecule has 2 aromatic carbocycles. The van der Waals surface area contributed by atoms with Gasteiger partial charge in [-0.25, -0.2) is 4.79 Å². The van der Waals surface area contributed by atoms with Crippen LogP contribution in [0.5, 0.6) is 5.75 Å². The lowest BCUT2D eigenvalue weighted by molar-refractivity contribution is -0.148. The monoisotopic (exact) mass is 551 g/mol. The third-order valence-corrected chi connectivity index (χ3v) is 6.96. The van der Waals surface area contributed by atoms with Crippen LogP contribution in [0.1, 0.15) is 89.1 Å². The summed E-state index contributed by atoms with van der Waals surface area (Å²) in [6.45, 7) is 15.0. The van der Waals surface area contributed by atoms with E-state index in [1.807, 2.05) is 52.8 Å². The molecule has 1 aliphatic rings. The van der Waals surface area contributed by atoms with Gasteiger partial charge in [0.05, 0.1) is 0 Å². The van der Waals surface area contributed by atoms with Crippen molar-refractivity contribution < 1.29 is 24.2 Å². The van der Waals surface area contributed by atoms with E-state index < -0.39 is 29.3 Å². The summed E-state index contributed by atoms with van der Waals surface area (Å²) < 4.78 is 5.50. The maximum absolute atomic E-state index is 14.5. The normalized spacial score (nSPS) is 15.4. The van der Waals surface area contributed by atoms with Gasteiger partial charge in [-0.15, -0.1) is 0 Å². The lowest BCUT2D eigenvalue weighted by Gasteiger charge is -2.44. The average molecular weight is 552 g/mol. The van der Waals surface area contributed by atoms with Crippen LogP contribution in [0.4, 0.5) is 4.79 Å². The SMILES string of the molecule is Cc1ccc(C(C(=O)NC(C)(C)C)N(C(=O)C(Cc2ccc(O)cc2)NC(=O)OC(C)(C)C)C2CCC2)cc1C. The lowest BCUT2D eigenvalue weighted by atomic mass is 9.87. The van der Waals surface area contributed by atoms with Gasteiger partial charge in [0, 0.05) is 18.0 Å². The maximum Gasteiger partial charge on any atom is 0.408 e. The molecule has 0 radical (unpaired) electrons. The van der Waals surface area contributed by atoms with E-state index in [1.165, 1.54) is 0 Å². The maximum atomic E-state index is 14.5. The zero-order valence-electron chi connectivity index (χ0n) is 25.1. The largest absolute Gasteiger partial charge is 0.508 e. The third kappa shape index (κ3) is 8.47. The average Bonchev–Trinajstić information content (AvgIpc) is 2.78. The van der Waals surface area contributed by atoms with E-state index in [2.05, 4.69) is 10.6 Å². The van der Waals surface area contributed by atoms with Gasteiger partial charge >= 0.3 is 6.09 Å². The van der Waals surface area contributed by atoms with Crippen LogP contribution >= 0.6 is 0 Å². The number of hydrogen-bond donors (Lipinski definition) is 3. The van der Waals surface area contributed by atoms with Gasteiger partial charge in [-0.05, 0) is 109 Å². The van der Waals surface area contributed by atoms with Gasteiger partial charge in [-0.1, -0.05) is 30.3 Å². The Bertz CT molecular complexity index is 1210. The Balaban J connectivity index is 2.08. The molecule has 0 heterocycles. The second-order valence-electron chi connectivity index (χ2n) is 12.9. The summed E-state index contributed by atoms with van der Waals surface area (Å²) in [5.74, 6) is -0.510. The minimum Gasteiger partial charge on any atom is -0.508 e. The molecular weight excluding hydrogens is 506 g/mol. The molecule has 1 saturated carbocycles. The number of ether oxygens (including phenoxy) is 1. The van der Waals surface area contributed by atoms with Gasteiger partial charge in [-0.3, -0.25) is 9.59 Å². The standard InChI is InChI=1S/C32H45N3O5/c1-20-12-15-23(18-21(20)2)27(28(37)34-31(3,4)5)35(24-10-9-11-24)29(38)26(33-30(39)40-32(6,7)8)19-22-13-16-25(36)17-14-22/h12-18,24,26-27,36H,9-11,19H2,1-8H3,(H,33,39)(H,34,37). The molecule has 3 amide bonds. The summed E-state index contributed by atoms with van der Waals surface area (Å²) in [4.78, 5) is 43.0. The molecule has 2 unspecified atom stereocenters. The zero-order chi connectivity index (χ0) is 29.8. The molecule has 1 fully saturated rings. The first-order valence-electron chi connectivity index (χ1n) is 14.0. The van der Waals surface area contributed by atoms with Crippen molar-refractivity contribution in [3.8, 4) is 5.75 Å². The first kappa shape index (κ1) is 31.0. The van der Waals surface area contributed by atoms with Crippen molar-refractivity contribution in [3.05, 3.63) is 64.7 Å². The molecule has 0 saturated heterocycles. The van der Waals surface area contributed by atoms with Crippen LogP contribution < -0.4 is 10.6 Å². The molecule has 40 heavy (non-hydrogen) atoms. The minimum absolute atomic E-state index is 0.108. The number of carbonyl (C=O) groups is 3. The Morgan fingerprint density at radius 3 is 2.10 bits per heavy atom. The van der Waals surface area contributed by atoms with Crippen molar-refractivity contribution in [2.45, 2.75) is 110 Å². The Morgan fingerprint density at radius 2 is 1.60 bits per heavy atom. The van der Waals surface area contributed by atoms with Crippen LogP contribution in [0, 0.1) is 13.8 Å². The van der Waals surface area contributed by atoms with Crippen molar-refractivity contribution in [3.63, 3.8) is 0 Å². The van der Waals surface area contributed by atoms with Crippen molar-refractivity contribution in [1.29, 1.82) is 0 Å². The number of amides is 3. The molecule has 8 heteroatoms. The highest BCUT2D eigenvalue weighted by Crippen LogP contribution is 2.35. The Hall–Kier alpha value is -3.55. The smallest absolute Gasteiger partial charge is 0.408 e. The highest BCUT2D eigenvalue weighted by Gasteiger charge is 2.42. The molecule has 2 aromatic rings. The number of nitrogens with zero attached hydrogens (tertiary/aromatic N) is 1. The van der Waals surface area contributed by atoms with E-state index in [-0.39, 0.29) is 30.0 Å². The van der Waals surface area contributed by atoms with Crippen LogP contribution in [0.25, 0.3) is 0 Å². The van der Waals surface area contributed by atoms with E-state index >= 15 is 0 Å². The third-order valence-electron chi connectivity index (χ3n) is 6.96. The Kier molecular flexibility index (Phi) is 9.54. The number of hydrogen-bond acceptors (Lipinski definition) is 5. The van der Waals surface area contributed by atoms with E-state index in [9.17, 15) is 19.5 Å². The van der Waals surface area contributed by atoms with Gasteiger partial charge < -0.3 is 25.4 Å². The summed E-state index contributed by atoms with van der Waals surface area (Å²) in [6, 6.07) is 10.4. The fraction of sp³-hybridized carbons (Fsp3) is 0.531. The molecule has 3 N–H and O–H groups in total. The van der Waals surface area contributed by atoms with Gasteiger partial charge in [0.15, 0.2) is 0 Å². The van der Waals surface area contributed by atoms with Crippen molar-refractivity contribution >= 4 is 17.9 Å². The van der Waals surface area contributed by atoms with Gasteiger partial charge in [0.25, 0.3) is 0 Å². The second-order valence-corrected chi connectivity index (χ2v) is 12.9. The molecule has 8 nitrogen and oxygen atoms in total. The second kappa shape index (κ2) is 12.3. The van der Waals surface area contributed by atoms with Crippen LogP contribution in [0.2, 0.25) is 0 Å². The van der Waals surface area contributed by atoms with E-state index in [4.69, 9.17) is 4.74 Å².